The second-order valence-corrected chi connectivity index (χ2v) is 4.81. The van der Waals surface area contributed by atoms with Crippen LogP contribution >= 0.6 is 0 Å². The monoisotopic (exact) mass is 250 g/mol. The normalized spacial score (nSPS) is 15.4. The van der Waals surface area contributed by atoms with Crippen LogP contribution in [0.3, 0.4) is 0 Å². The predicted molar refractivity (Wildman–Crippen MR) is 72.5 cm³/mol. The van der Waals surface area contributed by atoms with Crippen LogP contribution in [0, 0.1) is 0 Å². The van der Waals surface area contributed by atoms with E-state index in [0.29, 0.717) is 18.4 Å². The van der Waals surface area contributed by atoms with Crippen molar-refractivity contribution in [3.63, 3.8) is 0 Å². The number of aliphatic hydroxyl groups excluding tert-OH is 1. The third kappa shape index (κ3) is 2.56. The zero-order chi connectivity index (χ0) is 13.0. The van der Waals surface area contributed by atoms with Crippen LogP contribution in [0.4, 0.5) is 11.6 Å². The van der Waals surface area contributed by atoms with Gasteiger partial charge in [-0.2, -0.15) is 0 Å². The molecule has 1 aliphatic rings. The van der Waals surface area contributed by atoms with Crippen molar-refractivity contribution in [3.8, 4) is 0 Å². The molecule has 3 N–H and O–H groups in total. The SMILES string of the molecule is CCCc1c(N)ncnc1N(CCO)C1CCC1. The molecule has 1 fully saturated rings. The van der Waals surface area contributed by atoms with Crippen LogP contribution in [0.1, 0.15) is 38.2 Å². The highest BCUT2D eigenvalue weighted by atomic mass is 16.3. The summed E-state index contributed by atoms with van der Waals surface area (Å²) in [6.07, 6.45) is 7.03. The summed E-state index contributed by atoms with van der Waals surface area (Å²) in [6, 6.07) is 0.502. The van der Waals surface area contributed by atoms with Crippen LogP contribution in [-0.4, -0.2) is 34.3 Å². The number of nitrogen functional groups attached to an aromatic ring is 1. The van der Waals surface area contributed by atoms with Crippen LogP contribution in [-0.2, 0) is 6.42 Å². The fourth-order valence-electron chi connectivity index (χ4n) is 2.42. The van der Waals surface area contributed by atoms with Gasteiger partial charge in [0.15, 0.2) is 0 Å². The Morgan fingerprint density at radius 2 is 2.22 bits per heavy atom. The third-order valence-electron chi connectivity index (χ3n) is 3.58. The maximum atomic E-state index is 9.24. The van der Waals surface area contributed by atoms with Crippen LogP contribution in [0.15, 0.2) is 6.33 Å². The van der Waals surface area contributed by atoms with Gasteiger partial charge in [0.2, 0.25) is 0 Å². The molecule has 0 bridgehead atoms. The molecule has 0 aromatic carbocycles. The largest absolute Gasteiger partial charge is 0.395 e. The molecule has 1 saturated carbocycles. The highest BCUT2D eigenvalue weighted by Crippen LogP contribution is 2.31. The summed E-state index contributed by atoms with van der Waals surface area (Å²) >= 11 is 0. The average Bonchev–Trinajstić information content (AvgIpc) is 2.29. The summed E-state index contributed by atoms with van der Waals surface area (Å²) in [5.74, 6) is 1.49. The Hall–Kier alpha value is -1.36. The van der Waals surface area contributed by atoms with Gasteiger partial charge < -0.3 is 15.7 Å². The van der Waals surface area contributed by atoms with Gasteiger partial charge in [0.05, 0.1) is 6.61 Å². The van der Waals surface area contributed by atoms with Gasteiger partial charge in [-0.25, -0.2) is 9.97 Å². The number of hydrogen-bond acceptors (Lipinski definition) is 5. The molecule has 0 atom stereocenters. The van der Waals surface area contributed by atoms with Gasteiger partial charge in [0, 0.05) is 18.2 Å². The molecule has 1 aliphatic carbocycles. The van der Waals surface area contributed by atoms with Crippen LogP contribution < -0.4 is 10.6 Å². The number of rotatable bonds is 6. The molecule has 5 nitrogen and oxygen atoms in total. The minimum Gasteiger partial charge on any atom is -0.395 e. The summed E-state index contributed by atoms with van der Waals surface area (Å²) < 4.78 is 0. The van der Waals surface area contributed by atoms with Crippen LogP contribution in [0.2, 0.25) is 0 Å². The molecule has 0 amide bonds. The van der Waals surface area contributed by atoms with Gasteiger partial charge in [-0.05, 0) is 25.7 Å². The Labute approximate surface area is 108 Å². The quantitative estimate of drug-likeness (QED) is 0.797. The maximum Gasteiger partial charge on any atom is 0.137 e. The average molecular weight is 250 g/mol. The van der Waals surface area contributed by atoms with Crippen molar-refractivity contribution in [2.45, 2.75) is 45.1 Å². The molecule has 0 spiro atoms. The van der Waals surface area contributed by atoms with Gasteiger partial charge in [-0.1, -0.05) is 13.3 Å². The number of aliphatic hydroxyl groups is 1. The third-order valence-corrected chi connectivity index (χ3v) is 3.58. The van der Waals surface area contributed by atoms with Gasteiger partial charge in [-0.15, -0.1) is 0 Å². The maximum absolute atomic E-state index is 9.24. The molecular weight excluding hydrogens is 228 g/mol. The Balaban J connectivity index is 2.30. The number of aromatic nitrogens is 2. The van der Waals surface area contributed by atoms with E-state index < -0.39 is 0 Å². The lowest BCUT2D eigenvalue weighted by Crippen LogP contribution is -2.43. The van der Waals surface area contributed by atoms with Crippen molar-refractivity contribution in [2.24, 2.45) is 0 Å². The van der Waals surface area contributed by atoms with Crippen molar-refractivity contribution in [1.29, 1.82) is 0 Å². The minimum atomic E-state index is 0.145. The number of nitrogens with two attached hydrogens (primary N) is 1. The summed E-state index contributed by atoms with van der Waals surface area (Å²) in [6.45, 7) is 2.89. The Kier molecular flexibility index (Phi) is 4.36. The van der Waals surface area contributed by atoms with Gasteiger partial charge in [-0.3, -0.25) is 0 Å². The molecule has 100 valence electrons. The van der Waals surface area contributed by atoms with Crippen molar-refractivity contribution >= 4 is 11.6 Å². The number of hydrogen-bond donors (Lipinski definition) is 2. The summed E-state index contributed by atoms with van der Waals surface area (Å²) in [5, 5.41) is 9.24. The molecule has 1 aromatic heterocycles. The van der Waals surface area contributed by atoms with E-state index in [-0.39, 0.29) is 6.61 Å². The lowest BCUT2D eigenvalue weighted by atomic mass is 9.91. The van der Waals surface area contributed by atoms with Crippen LogP contribution in [0.5, 0.6) is 0 Å². The van der Waals surface area contributed by atoms with Crippen molar-refractivity contribution < 1.29 is 5.11 Å². The molecule has 0 radical (unpaired) electrons. The van der Waals surface area contributed by atoms with Crippen molar-refractivity contribution in [3.05, 3.63) is 11.9 Å². The van der Waals surface area contributed by atoms with Gasteiger partial charge >= 0.3 is 0 Å². The van der Waals surface area contributed by atoms with Crippen molar-refractivity contribution in [1.82, 2.24) is 9.97 Å². The summed E-state index contributed by atoms with van der Waals surface area (Å²) in [5.41, 5.74) is 6.99. The highest BCUT2D eigenvalue weighted by molar-refractivity contribution is 5.57. The number of anilines is 2. The molecule has 1 aromatic rings. The first-order valence-corrected chi connectivity index (χ1v) is 6.74. The molecule has 0 saturated heterocycles. The van der Waals surface area contributed by atoms with E-state index in [0.717, 1.165) is 24.2 Å². The van der Waals surface area contributed by atoms with Crippen LogP contribution in [0.25, 0.3) is 0 Å². The molecule has 0 unspecified atom stereocenters. The fraction of sp³-hybridized carbons (Fsp3) is 0.692. The topological polar surface area (TPSA) is 75.3 Å². The Morgan fingerprint density at radius 3 is 2.78 bits per heavy atom. The first-order chi connectivity index (χ1) is 8.77. The first-order valence-electron chi connectivity index (χ1n) is 6.74. The Bertz CT molecular complexity index is 393. The smallest absolute Gasteiger partial charge is 0.137 e. The second-order valence-electron chi connectivity index (χ2n) is 4.81. The summed E-state index contributed by atoms with van der Waals surface area (Å²) in [4.78, 5) is 10.7. The molecule has 5 heteroatoms. The zero-order valence-corrected chi connectivity index (χ0v) is 11.0. The standard InChI is InChI=1S/C13H22N4O/c1-2-4-11-12(14)15-9-16-13(11)17(7-8-18)10-5-3-6-10/h9-10,18H,2-8H2,1H3,(H2,14,15,16). The molecule has 2 rings (SSSR count). The van der Waals surface area contributed by atoms with E-state index in [2.05, 4.69) is 21.8 Å². The van der Waals surface area contributed by atoms with Gasteiger partial charge in [0.1, 0.15) is 18.0 Å². The highest BCUT2D eigenvalue weighted by Gasteiger charge is 2.27. The van der Waals surface area contributed by atoms with E-state index in [1.54, 1.807) is 0 Å². The molecule has 18 heavy (non-hydrogen) atoms. The van der Waals surface area contributed by atoms with E-state index in [1.807, 2.05) is 0 Å². The second kappa shape index (κ2) is 6.00. The lowest BCUT2D eigenvalue weighted by Gasteiger charge is -2.39. The van der Waals surface area contributed by atoms with E-state index in [4.69, 9.17) is 5.73 Å². The Morgan fingerprint density at radius 1 is 1.44 bits per heavy atom. The predicted octanol–water partition coefficient (Wildman–Crippen LogP) is 1.36. The van der Waals surface area contributed by atoms with E-state index in [1.165, 1.54) is 25.6 Å². The van der Waals surface area contributed by atoms with E-state index in [9.17, 15) is 5.11 Å². The molecular formula is C13H22N4O. The van der Waals surface area contributed by atoms with E-state index >= 15 is 0 Å². The molecule has 0 aliphatic heterocycles. The lowest BCUT2D eigenvalue weighted by molar-refractivity contribution is 0.282. The minimum absolute atomic E-state index is 0.145. The fourth-order valence-corrected chi connectivity index (χ4v) is 2.42. The van der Waals surface area contributed by atoms with Crippen molar-refractivity contribution in [2.75, 3.05) is 23.8 Å². The van der Waals surface area contributed by atoms with Gasteiger partial charge in [0.25, 0.3) is 0 Å². The molecule has 1 heterocycles. The zero-order valence-electron chi connectivity index (χ0n) is 11.0. The number of nitrogens with zero attached hydrogens (tertiary/aromatic N) is 3. The summed E-state index contributed by atoms with van der Waals surface area (Å²) in [7, 11) is 0. The first kappa shape index (κ1) is 13.1.